The van der Waals surface area contributed by atoms with Crippen molar-refractivity contribution in [3.05, 3.63) is 24.0 Å². The van der Waals surface area contributed by atoms with Gasteiger partial charge < -0.3 is 14.6 Å². The van der Waals surface area contributed by atoms with Crippen molar-refractivity contribution in [1.82, 2.24) is 14.5 Å². The number of ether oxygens (including phenoxy) is 1. The number of fused-ring (bicyclic) bond motifs is 1. The summed E-state index contributed by atoms with van der Waals surface area (Å²) in [7, 11) is 0. The Balaban J connectivity index is 1.87. The van der Waals surface area contributed by atoms with Crippen molar-refractivity contribution < 1.29 is 9.53 Å². The first kappa shape index (κ1) is 16.0. The van der Waals surface area contributed by atoms with Gasteiger partial charge in [0, 0.05) is 31.7 Å². The fraction of sp³-hybridized carbons (Fsp3) is 0.529. The molecule has 1 aromatic carbocycles. The normalized spacial score (nSPS) is 15.9. The molecule has 0 aliphatic carbocycles. The maximum Gasteiger partial charge on any atom is 0.224 e. The van der Waals surface area contributed by atoms with E-state index in [1.54, 1.807) is 0 Å². The van der Waals surface area contributed by atoms with Crippen LogP contribution in [-0.4, -0.2) is 46.7 Å². The molecule has 0 atom stereocenters. The van der Waals surface area contributed by atoms with Crippen molar-refractivity contribution >= 4 is 22.6 Å². The van der Waals surface area contributed by atoms with E-state index in [4.69, 9.17) is 9.72 Å². The van der Waals surface area contributed by atoms with Gasteiger partial charge in [0.15, 0.2) is 0 Å². The third-order valence-electron chi connectivity index (χ3n) is 4.22. The number of morpholine rings is 1. The minimum Gasteiger partial charge on any atom is -0.379 e. The average Bonchev–Trinajstić information content (AvgIpc) is 2.91. The van der Waals surface area contributed by atoms with Crippen molar-refractivity contribution in [1.29, 1.82) is 0 Å². The quantitative estimate of drug-likeness (QED) is 0.919. The van der Waals surface area contributed by atoms with Gasteiger partial charge in [-0.3, -0.25) is 9.69 Å². The Bertz CT molecular complexity index is 689. The van der Waals surface area contributed by atoms with Gasteiger partial charge in [0.2, 0.25) is 5.91 Å². The van der Waals surface area contributed by atoms with E-state index in [-0.39, 0.29) is 5.91 Å². The van der Waals surface area contributed by atoms with Gasteiger partial charge in [0.25, 0.3) is 0 Å². The number of hydrogen-bond acceptors (Lipinski definition) is 4. The van der Waals surface area contributed by atoms with Crippen LogP contribution in [0.1, 0.15) is 26.1 Å². The monoisotopic (exact) mass is 316 g/mol. The average molecular weight is 316 g/mol. The second-order valence-electron chi connectivity index (χ2n) is 5.77. The molecular weight excluding hydrogens is 292 g/mol. The number of amides is 1. The Morgan fingerprint density at radius 3 is 2.78 bits per heavy atom. The standard InChI is InChI=1S/C17H24N4O2/c1-3-17(22)18-13-5-6-15-14(11-13)19-16(21(15)4-2)12-20-7-9-23-10-8-20/h5-6,11H,3-4,7-10,12H2,1-2H3,(H,18,22). The highest BCUT2D eigenvalue weighted by atomic mass is 16.5. The maximum absolute atomic E-state index is 11.6. The summed E-state index contributed by atoms with van der Waals surface area (Å²) in [6, 6.07) is 5.94. The molecule has 1 N–H and O–H groups in total. The SMILES string of the molecule is CCC(=O)Nc1ccc2c(c1)nc(CN1CCOCC1)n2CC. The molecule has 23 heavy (non-hydrogen) atoms. The van der Waals surface area contributed by atoms with Crippen LogP contribution in [0, 0.1) is 0 Å². The van der Waals surface area contributed by atoms with Crippen molar-refractivity contribution in [2.45, 2.75) is 33.4 Å². The Morgan fingerprint density at radius 2 is 2.09 bits per heavy atom. The molecule has 124 valence electrons. The predicted octanol–water partition coefficient (Wildman–Crippen LogP) is 2.24. The number of imidazole rings is 1. The lowest BCUT2D eigenvalue weighted by molar-refractivity contribution is -0.115. The number of aromatic nitrogens is 2. The van der Waals surface area contributed by atoms with E-state index in [1.807, 2.05) is 25.1 Å². The molecule has 1 fully saturated rings. The molecule has 1 amide bonds. The number of anilines is 1. The molecule has 1 aromatic heterocycles. The largest absolute Gasteiger partial charge is 0.379 e. The van der Waals surface area contributed by atoms with Crippen LogP contribution < -0.4 is 5.32 Å². The van der Waals surface area contributed by atoms with Crippen LogP contribution in [0.5, 0.6) is 0 Å². The summed E-state index contributed by atoms with van der Waals surface area (Å²) in [5.74, 6) is 1.09. The van der Waals surface area contributed by atoms with E-state index >= 15 is 0 Å². The smallest absolute Gasteiger partial charge is 0.224 e. The number of nitrogens with one attached hydrogen (secondary N) is 1. The predicted molar refractivity (Wildman–Crippen MR) is 90.4 cm³/mol. The van der Waals surface area contributed by atoms with Gasteiger partial charge in [0.1, 0.15) is 5.82 Å². The third-order valence-corrected chi connectivity index (χ3v) is 4.22. The molecule has 1 aliphatic rings. The third kappa shape index (κ3) is 3.54. The lowest BCUT2D eigenvalue weighted by Gasteiger charge is -2.26. The van der Waals surface area contributed by atoms with Gasteiger partial charge in [0.05, 0.1) is 30.8 Å². The van der Waals surface area contributed by atoms with E-state index in [9.17, 15) is 4.79 Å². The van der Waals surface area contributed by atoms with Crippen molar-refractivity contribution in [3.8, 4) is 0 Å². The molecule has 1 aliphatic heterocycles. The van der Waals surface area contributed by atoms with E-state index in [2.05, 4.69) is 21.7 Å². The molecule has 6 nitrogen and oxygen atoms in total. The fourth-order valence-electron chi connectivity index (χ4n) is 2.94. The number of rotatable bonds is 5. The van der Waals surface area contributed by atoms with Crippen molar-refractivity contribution in [3.63, 3.8) is 0 Å². The van der Waals surface area contributed by atoms with E-state index in [1.165, 1.54) is 0 Å². The lowest BCUT2D eigenvalue weighted by atomic mass is 10.2. The van der Waals surface area contributed by atoms with Gasteiger partial charge in [-0.25, -0.2) is 4.98 Å². The topological polar surface area (TPSA) is 59.4 Å². The first-order chi connectivity index (χ1) is 11.2. The molecule has 0 radical (unpaired) electrons. The first-order valence-corrected chi connectivity index (χ1v) is 8.30. The summed E-state index contributed by atoms with van der Waals surface area (Å²) in [4.78, 5) is 18.7. The van der Waals surface area contributed by atoms with Crippen LogP contribution in [0.2, 0.25) is 0 Å². The number of carbonyl (C=O) groups is 1. The minimum atomic E-state index is 0.0211. The van der Waals surface area contributed by atoms with Gasteiger partial charge in [-0.05, 0) is 25.1 Å². The molecule has 0 bridgehead atoms. The summed E-state index contributed by atoms with van der Waals surface area (Å²) in [5, 5.41) is 2.90. The molecule has 2 aromatic rings. The Kier molecular flexibility index (Phi) is 4.93. The van der Waals surface area contributed by atoms with E-state index < -0.39 is 0 Å². The molecule has 0 saturated carbocycles. The summed E-state index contributed by atoms with van der Waals surface area (Å²) in [5.41, 5.74) is 2.86. The molecule has 2 heterocycles. The highest BCUT2D eigenvalue weighted by Gasteiger charge is 2.16. The minimum absolute atomic E-state index is 0.0211. The number of nitrogens with zero attached hydrogens (tertiary/aromatic N) is 3. The van der Waals surface area contributed by atoms with Crippen LogP contribution in [-0.2, 0) is 22.6 Å². The second-order valence-corrected chi connectivity index (χ2v) is 5.77. The summed E-state index contributed by atoms with van der Waals surface area (Å²) in [6.45, 7) is 9.19. The van der Waals surface area contributed by atoms with Gasteiger partial charge in [-0.15, -0.1) is 0 Å². The molecule has 6 heteroatoms. The fourth-order valence-corrected chi connectivity index (χ4v) is 2.94. The first-order valence-electron chi connectivity index (χ1n) is 8.30. The Morgan fingerprint density at radius 1 is 1.30 bits per heavy atom. The summed E-state index contributed by atoms with van der Waals surface area (Å²) in [6.07, 6.45) is 0.476. The molecular formula is C17H24N4O2. The second kappa shape index (κ2) is 7.10. The Hall–Kier alpha value is -1.92. The molecule has 0 spiro atoms. The zero-order valence-electron chi connectivity index (χ0n) is 13.8. The van der Waals surface area contributed by atoms with Gasteiger partial charge >= 0.3 is 0 Å². The van der Waals surface area contributed by atoms with Crippen LogP contribution in [0.3, 0.4) is 0 Å². The lowest BCUT2D eigenvalue weighted by Crippen LogP contribution is -2.36. The number of carbonyl (C=O) groups excluding carboxylic acids is 1. The number of benzene rings is 1. The van der Waals surface area contributed by atoms with Crippen molar-refractivity contribution in [2.75, 3.05) is 31.6 Å². The number of aryl methyl sites for hydroxylation is 1. The van der Waals surface area contributed by atoms with Crippen LogP contribution in [0.25, 0.3) is 11.0 Å². The van der Waals surface area contributed by atoms with Crippen LogP contribution >= 0.6 is 0 Å². The maximum atomic E-state index is 11.6. The van der Waals surface area contributed by atoms with E-state index in [0.717, 1.165) is 61.9 Å². The highest BCUT2D eigenvalue weighted by molar-refractivity contribution is 5.92. The van der Waals surface area contributed by atoms with Crippen LogP contribution in [0.15, 0.2) is 18.2 Å². The van der Waals surface area contributed by atoms with Crippen LogP contribution in [0.4, 0.5) is 5.69 Å². The zero-order valence-corrected chi connectivity index (χ0v) is 13.8. The Labute approximate surface area is 136 Å². The summed E-state index contributed by atoms with van der Waals surface area (Å²) < 4.78 is 7.65. The van der Waals surface area contributed by atoms with Gasteiger partial charge in [-0.2, -0.15) is 0 Å². The van der Waals surface area contributed by atoms with Crippen molar-refractivity contribution in [2.24, 2.45) is 0 Å². The molecule has 0 unspecified atom stereocenters. The number of hydrogen-bond donors (Lipinski definition) is 1. The van der Waals surface area contributed by atoms with Gasteiger partial charge in [-0.1, -0.05) is 6.92 Å². The highest BCUT2D eigenvalue weighted by Crippen LogP contribution is 2.22. The van der Waals surface area contributed by atoms with E-state index in [0.29, 0.717) is 6.42 Å². The summed E-state index contributed by atoms with van der Waals surface area (Å²) >= 11 is 0. The molecule has 3 rings (SSSR count). The molecule has 1 saturated heterocycles. The zero-order chi connectivity index (χ0) is 16.2.